The number of aryl methyl sites for hydroxylation is 2. The molecule has 1 radical (unpaired) electrons. The molecule has 0 N–H and O–H groups in total. The van der Waals surface area contributed by atoms with Gasteiger partial charge in [-0.25, -0.2) is 0 Å². The molecule has 2 aromatic rings. The zero-order valence-corrected chi connectivity index (χ0v) is 7.79. The SMILES string of the molecule is Cc1[c]oc(-c2ccc(C)cc2)c1. The Morgan fingerprint density at radius 1 is 1.08 bits per heavy atom. The third-order valence-electron chi connectivity index (χ3n) is 2.01. The Kier molecular flexibility index (Phi) is 1.93. The van der Waals surface area contributed by atoms with E-state index in [0.717, 1.165) is 16.9 Å². The van der Waals surface area contributed by atoms with Crippen molar-refractivity contribution >= 4 is 0 Å². The maximum Gasteiger partial charge on any atom is 0.173 e. The molecule has 0 saturated carbocycles. The minimum absolute atomic E-state index is 0.887. The van der Waals surface area contributed by atoms with Gasteiger partial charge in [0.25, 0.3) is 0 Å². The molecule has 1 nitrogen and oxygen atoms in total. The Morgan fingerprint density at radius 2 is 1.77 bits per heavy atom. The van der Waals surface area contributed by atoms with Gasteiger partial charge < -0.3 is 4.42 Å². The number of benzene rings is 1. The topological polar surface area (TPSA) is 13.1 Å². The predicted octanol–water partition coefficient (Wildman–Crippen LogP) is 3.36. The third-order valence-corrected chi connectivity index (χ3v) is 2.01. The van der Waals surface area contributed by atoms with Crippen molar-refractivity contribution in [3.05, 3.63) is 47.7 Å². The van der Waals surface area contributed by atoms with E-state index in [-0.39, 0.29) is 0 Å². The van der Waals surface area contributed by atoms with Gasteiger partial charge in [0, 0.05) is 5.56 Å². The Hall–Kier alpha value is -1.50. The molecule has 0 atom stereocenters. The second kappa shape index (κ2) is 3.09. The lowest BCUT2D eigenvalue weighted by molar-refractivity contribution is 0.571. The van der Waals surface area contributed by atoms with Gasteiger partial charge >= 0.3 is 0 Å². The lowest BCUT2D eigenvalue weighted by atomic mass is 10.1. The molecular formula is C12H11O. The van der Waals surface area contributed by atoms with Crippen LogP contribution in [0.15, 0.2) is 34.7 Å². The number of hydrogen-bond donors (Lipinski definition) is 0. The molecule has 13 heavy (non-hydrogen) atoms. The van der Waals surface area contributed by atoms with Crippen LogP contribution in [0.5, 0.6) is 0 Å². The van der Waals surface area contributed by atoms with Crippen molar-refractivity contribution < 1.29 is 4.42 Å². The fourth-order valence-corrected chi connectivity index (χ4v) is 1.25. The number of rotatable bonds is 1. The normalized spacial score (nSPS) is 10.3. The summed E-state index contributed by atoms with van der Waals surface area (Å²) in [4.78, 5) is 0. The third kappa shape index (κ3) is 1.64. The maximum atomic E-state index is 5.27. The largest absolute Gasteiger partial charge is 0.453 e. The molecule has 0 unspecified atom stereocenters. The summed E-state index contributed by atoms with van der Waals surface area (Å²) < 4.78 is 5.27. The van der Waals surface area contributed by atoms with Crippen LogP contribution >= 0.6 is 0 Å². The quantitative estimate of drug-likeness (QED) is 0.641. The molecular weight excluding hydrogens is 160 g/mol. The lowest BCUT2D eigenvalue weighted by Crippen LogP contribution is -1.74. The van der Waals surface area contributed by atoms with E-state index in [2.05, 4.69) is 37.5 Å². The van der Waals surface area contributed by atoms with Crippen LogP contribution in [-0.4, -0.2) is 0 Å². The first-order valence-electron chi connectivity index (χ1n) is 4.31. The Balaban J connectivity index is 2.41. The highest BCUT2D eigenvalue weighted by Gasteiger charge is 2.01. The summed E-state index contributed by atoms with van der Waals surface area (Å²) >= 11 is 0. The average Bonchev–Trinajstić information content (AvgIpc) is 2.53. The first kappa shape index (κ1) is 8.11. The van der Waals surface area contributed by atoms with Crippen LogP contribution in [0.1, 0.15) is 11.1 Å². The zero-order valence-electron chi connectivity index (χ0n) is 7.79. The van der Waals surface area contributed by atoms with Gasteiger partial charge in [-0.1, -0.05) is 29.8 Å². The molecule has 0 amide bonds. The van der Waals surface area contributed by atoms with Crippen molar-refractivity contribution in [2.45, 2.75) is 13.8 Å². The molecule has 1 heterocycles. The van der Waals surface area contributed by atoms with Gasteiger partial charge in [-0.2, -0.15) is 0 Å². The summed E-state index contributed by atoms with van der Waals surface area (Å²) in [6, 6.07) is 10.3. The van der Waals surface area contributed by atoms with Crippen LogP contribution in [0.4, 0.5) is 0 Å². The molecule has 0 aliphatic carbocycles. The van der Waals surface area contributed by atoms with E-state index in [1.165, 1.54) is 5.56 Å². The Morgan fingerprint density at radius 3 is 2.31 bits per heavy atom. The van der Waals surface area contributed by atoms with E-state index >= 15 is 0 Å². The molecule has 0 aliphatic heterocycles. The van der Waals surface area contributed by atoms with Gasteiger partial charge in [-0.15, -0.1) is 0 Å². The van der Waals surface area contributed by atoms with Gasteiger partial charge in [0.05, 0.1) is 0 Å². The minimum Gasteiger partial charge on any atom is -0.453 e. The summed E-state index contributed by atoms with van der Waals surface area (Å²) in [5, 5.41) is 0. The van der Waals surface area contributed by atoms with Crippen LogP contribution in [0.2, 0.25) is 0 Å². The highest BCUT2D eigenvalue weighted by atomic mass is 16.3. The fraction of sp³-hybridized carbons (Fsp3) is 0.167. The van der Waals surface area contributed by atoms with E-state index in [1.54, 1.807) is 0 Å². The second-order valence-electron chi connectivity index (χ2n) is 3.26. The standard InChI is InChI=1S/C12H11O/c1-9-3-5-11(6-4-9)12-7-10(2)8-13-12/h3-7H,1-2H3. The van der Waals surface area contributed by atoms with Crippen molar-refractivity contribution in [3.8, 4) is 11.3 Å². The summed E-state index contributed by atoms with van der Waals surface area (Å²) in [6.07, 6.45) is 2.81. The number of hydrogen-bond acceptors (Lipinski definition) is 1. The minimum atomic E-state index is 0.887. The van der Waals surface area contributed by atoms with E-state index in [4.69, 9.17) is 4.42 Å². The summed E-state index contributed by atoms with van der Waals surface area (Å²) in [7, 11) is 0. The van der Waals surface area contributed by atoms with Crippen molar-refractivity contribution in [2.75, 3.05) is 0 Å². The van der Waals surface area contributed by atoms with Gasteiger partial charge in [0.2, 0.25) is 0 Å². The van der Waals surface area contributed by atoms with Crippen LogP contribution in [-0.2, 0) is 0 Å². The maximum absolute atomic E-state index is 5.27. The van der Waals surface area contributed by atoms with Crippen molar-refractivity contribution in [2.24, 2.45) is 0 Å². The van der Waals surface area contributed by atoms with E-state index < -0.39 is 0 Å². The van der Waals surface area contributed by atoms with Crippen molar-refractivity contribution in [1.82, 2.24) is 0 Å². The first-order valence-corrected chi connectivity index (χ1v) is 4.31. The van der Waals surface area contributed by atoms with E-state index in [9.17, 15) is 0 Å². The molecule has 1 heteroatoms. The van der Waals surface area contributed by atoms with Crippen LogP contribution in [0, 0.1) is 20.1 Å². The monoisotopic (exact) mass is 171 g/mol. The van der Waals surface area contributed by atoms with E-state index in [0.29, 0.717) is 0 Å². The lowest BCUT2D eigenvalue weighted by Gasteiger charge is -1.96. The van der Waals surface area contributed by atoms with Crippen LogP contribution < -0.4 is 0 Å². The molecule has 2 rings (SSSR count). The highest BCUT2D eigenvalue weighted by Crippen LogP contribution is 2.21. The molecule has 1 aromatic carbocycles. The van der Waals surface area contributed by atoms with Gasteiger partial charge in [0.1, 0.15) is 5.76 Å². The summed E-state index contributed by atoms with van der Waals surface area (Å²) in [5.74, 6) is 0.887. The fourth-order valence-electron chi connectivity index (χ4n) is 1.25. The zero-order chi connectivity index (χ0) is 9.26. The van der Waals surface area contributed by atoms with Gasteiger partial charge in [0.15, 0.2) is 6.26 Å². The molecule has 0 aliphatic rings. The Labute approximate surface area is 78.0 Å². The predicted molar refractivity (Wildman–Crippen MR) is 52.5 cm³/mol. The molecule has 0 bridgehead atoms. The smallest absolute Gasteiger partial charge is 0.173 e. The average molecular weight is 171 g/mol. The molecule has 65 valence electrons. The molecule has 0 saturated heterocycles. The van der Waals surface area contributed by atoms with Gasteiger partial charge in [-0.3, -0.25) is 0 Å². The van der Waals surface area contributed by atoms with E-state index in [1.807, 2.05) is 13.0 Å². The molecule has 0 spiro atoms. The summed E-state index contributed by atoms with van der Waals surface area (Å²) in [6.45, 7) is 4.05. The van der Waals surface area contributed by atoms with Crippen molar-refractivity contribution in [1.29, 1.82) is 0 Å². The van der Waals surface area contributed by atoms with Gasteiger partial charge in [-0.05, 0) is 25.5 Å². The number of furan rings is 1. The van der Waals surface area contributed by atoms with Crippen molar-refractivity contribution in [3.63, 3.8) is 0 Å². The first-order chi connectivity index (χ1) is 6.25. The highest BCUT2D eigenvalue weighted by molar-refractivity contribution is 5.58. The Bertz CT molecular complexity index is 395. The summed E-state index contributed by atoms with van der Waals surface area (Å²) in [5.41, 5.74) is 3.40. The molecule has 0 fully saturated rings. The second-order valence-corrected chi connectivity index (χ2v) is 3.26. The molecule has 1 aromatic heterocycles. The van der Waals surface area contributed by atoms with Crippen LogP contribution in [0.25, 0.3) is 11.3 Å². The van der Waals surface area contributed by atoms with Crippen LogP contribution in [0.3, 0.4) is 0 Å².